The van der Waals surface area contributed by atoms with Crippen molar-refractivity contribution < 1.29 is 4.52 Å². The SMILES string of the molecule is Cc1nc(Cn2cncc2C(N)C(C)C)no1. The molecule has 2 rings (SSSR count). The molecule has 0 amide bonds. The number of rotatable bonds is 4. The van der Waals surface area contributed by atoms with Gasteiger partial charge in [0.2, 0.25) is 5.89 Å². The van der Waals surface area contributed by atoms with Crippen molar-refractivity contribution in [1.29, 1.82) is 0 Å². The fraction of sp³-hybridized carbons (Fsp3) is 0.545. The Morgan fingerprint density at radius 3 is 2.82 bits per heavy atom. The van der Waals surface area contributed by atoms with Crippen LogP contribution in [0.3, 0.4) is 0 Å². The zero-order valence-corrected chi connectivity index (χ0v) is 10.3. The van der Waals surface area contributed by atoms with Gasteiger partial charge in [0.1, 0.15) is 0 Å². The van der Waals surface area contributed by atoms with E-state index in [2.05, 4.69) is 29.0 Å². The number of nitrogens with zero attached hydrogens (tertiary/aromatic N) is 4. The zero-order valence-electron chi connectivity index (χ0n) is 10.3. The van der Waals surface area contributed by atoms with Crippen LogP contribution in [0.5, 0.6) is 0 Å². The lowest BCUT2D eigenvalue weighted by Crippen LogP contribution is -2.20. The highest BCUT2D eigenvalue weighted by molar-refractivity contribution is 5.07. The van der Waals surface area contributed by atoms with Crippen molar-refractivity contribution >= 4 is 0 Å². The predicted octanol–water partition coefficient (Wildman–Crippen LogP) is 1.28. The van der Waals surface area contributed by atoms with Crippen molar-refractivity contribution in [2.24, 2.45) is 11.7 Å². The zero-order chi connectivity index (χ0) is 12.4. The Balaban J connectivity index is 2.19. The summed E-state index contributed by atoms with van der Waals surface area (Å²) in [6.45, 7) is 6.47. The molecule has 0 bridgehead atoms. The highest BCUT2D eigenvalue weighted by atomic mass is 16.5. The van der Waals surface area contributed by atoms with Gasteiger partial charge in [-0.2, -0.15) is 4.98 Å². The van der Waals surface area contributed by atoms with E-state index in [4.69, 9.17) is 10.3 Å². The van der Waals surface area contributed by atoms with Gasteiger partial charge in [0.15, 0.2) is 5.82 Å². The highest BCUT2D eigenvalue weighted by Crippen LogP contribution is 2.18. The number of aromatic nitrogens is 4. The van der Waals surface area contributed by atoms with Gasteiger partial charge in [-0.15, -0.1) is 0 Å². The summed E-state index contributed by atoms with van der Waals surface area (Å²) in [6.07, 6.45) is 3.53. The normalized spacial score (nSPS) is 13.2. The van der Waals surface area contributed by atoms with Crippen LogP contribution < -0.4 is 5.73 Å². The summed E-state index contributed by atoms with van der Waals surface area (Å²) >= 11 is 0. The van der Waals surface area contributed by atoms with E-state index in [9.17, 15) is 0 Å². The van der Waals surface area contributed by atoms with Crippen LogP contribution in [0.15, 0.2) is 17.0 Å². The van der Waals surface area contributed by atoms with Crippen LogP contribution in [0.4, 0.5) is 0 Å². The Morgan fingerprint density at radius 2 is 2.24 bits per heavy atom. The molecule has 2 heterocycles. The van der Waals surface area contributed by atoms with E-state index in [0.29, 0.717) is 24.2 Å². The second kappa shape index (κ2) is 4.67. The van der Waals surface area contributed by atoms with Crippen LogP contribution in [-0.2, 0) is 6.54 Å². The van der Waals surface area contributed by atoms with Crippen LogP contribution in [0.2, 0.25) is 0 Å². The summed E-state index contributed by atoms with van der Waals surface area (Å²) in [5.41, 5.74) is 7.11. The summed E-state index contributed by atoms with van der Waals surface area (Å²) < 4.78 is 6.89. The summed E-state index contributed by atoms with van der Waals surface area (Å²) in [6, 6.07) is -0.0366. The van der Waals surface area contributed by atoms with Crippen molar-refractivity contribution in [2.45, 2.75) is 33.4 Å². The minimum Gasteiger partial charge on any atom is -0.340 e. The molecule has 0 aliphatic carbocycles. The molecule has 92 valence electrons. The van der Waals surface area contributed by atoms with Gasteiger partial charge in [0.05, 0.1) is 18.6 Å². The Morgan fingerprint density at radius 1 is 1.47 bits per heavy atom. The molecule has 0 saturated carbocycles. The van der Waals surface area contributed by atoms with E-state index in [1.54, 1.807) is 19.4 Å². The first kappa shape index (κ1) is 11.8. The largest absolute Gasteiger partial charge is 0.340 e. The van der Waals surface area contributed by atoms with Gasteiger partial charge in [-0.3, -0.25) is 0 Å². The van der Waals surface area contributed by atoms with E-state index >= 15 is 0 Å². The molecule has 0 fully saturated rings. The molecule has 6 nitrogen and oxygen atoms in total. The molecular weight excluding hydrogens is 218 g/mol. The van der Waals surface area contributed by atoms with Gasteiger partial charge in [-0.1, -0.05) is 19.0 Å². The Kier molecular flexibility index (Phi) is 3.23. The third-order valence-electron chi connectivity index (χ3n) is 2.69. The molecule has 2 aromatic rings. The summed E-state index contributed by atoms with van der Waals surface area (Å²) in [5, 5.41) is 3.86. The lowest BCUT2D eigenvalue weighted by molar-refractivity contribution is 0.385. The fourth-order valence-corrected chi connectivity index (χ4v) is 1.64. The minimum atomic E-state index is -0.0366. The molecule has 0 radical (unpaired) electrons. The molecule has 6 heteroatoms. The third kappa shape index (κ3) is 2.52. The first-order valence-electron chi connectivity index (χ1n) is 5.62. The second-order valence-corrected chi connectivity index (χ2v) is 4.45. The van der Waals surface area contributed by atoms with Crippen LogP contribution in [-0.4, -0.2) is 19.7 Å². The predicted molar refractivity (Wildman–Crippen MR) is 62.1 cm³/mol. The molecule has 0 saturated heterocycles. The molecule has 17 heavy (non-hydrogen) atoms. The molecule has 0 aromatic carbocycles. The lowest BCUT2D eigenvalue weighted by Gasteiger charge is -2.16. The standard InChI is InChI=1S/C11H17N5O/c1-7(2)11(12)9-4-13-6-16(9)5-10-14-8(3)17-15-10/h4,6-7,11H,5,12H2,1-3H3. The summed E-state index contributed by atoms with van der Waals surface area (Å²) in [7, 11) is 0. The van der Waals surface area contributed by atoms with E-state index in [1.165, 1.54) is 0 Å². The molecule has 2 aromatic heterocycles. The van der Waals surface area contributed by atoms with Crippen LogP contribution in [0.25, 0.3) is 0 Å². The average Bonchev–Trinajstić information content (AvgIpc) is 2.87. The third-order valence-corrected chi connectivity index (χ3v) is 2.69. The van der Waals surface area contributed by atoms with Crippen molar-refractivity contribution in [3.63, 3.8) is 0 Å². The van der Waals surface area contributed by atoms with Gasteiger partial charge in [-0.25, -0.2) is 4.98 Å². The second-order valence-electron chi connectivity index (χ2n) is 4.45. The smallest absolute Gasteiger partial charge is 0.223 e. The molecular formula is C11H17N5O. The van der Waals surface area contributed by atoms with E-state index < -0.39 is 0 Å². The van der Waals surface area contributed by atoms with Gasteiger partial charge in [0, 0.05) is 19.2 Å². The number of aryl methyl sites for hydroxylation is 1. The molecule has 2 N–H and O–H groups in total. The van der Waals surface area contributed by atoms with Crippen molar-refractivity contribution in [3.05, 3.63) is 29.9 Å². The molecule has 1 atom stereocenters. The van der Waals surface area contributed by atoms with E-state index in [-0.39, 0.29) is 6.04 Å². The molecule has 1 unspecified atom stereocenters. The topological polar surface area (TPSA) is 82.8 Å². The Bertz CT molecular complexity index is 488. The number of hydrogen-bond donors (Lipinski definition) is 1. The number of imidazole rings is 1. The van der Waals surface area contributed by atoms with Crippen molar-refractivity contribution in [2.75, 3.05) is 0 Å². The molecule has 0 aliphatic heterocycles. The van der Waals surface area contributed by atoms with E-state index in [1.807, 2.05) is 4.57 Å². The molecule has 0 aliphatic rings. The lowest BCUT2D eigenvalue weighted by atomic mass is 10.0. The van der Waals surface area contributed by atoms with Gasteiger partial charge in [-0.05, 0) is 5.92 Å². The molecule has 0 spiro atoms. The minimum absolute atomic E-state index is 0.0366. The van der Waals surface area contributed by atoms with Crippen LogP contribution >= 0.6 is 0 Å². The Hall–Kier alpha value is -1.69. The number of hydrogen-bond acceptors (Lipinski definition) is 5. The highest BCUT2D eigenvalue weighted by Gasteiger charge is 2.16. The van der Waals surface area contributed by atoms with Gasteiger partial charge >= 0.3 is 0 Å². The monoisotopic (exact) mass is 235 g/mol. The van der Waals surface area contributed by atoms with Gasteiger partial charge in [0.25, 0.3) is 0 Å². The summed E-state index contributed by atoms with van der Waals surface area (Å²) in [4.78, 5) is 8.29. The maximum Gasteiger partial charge on any atom is 0.223 e. The van der Waals surface area contributed by atoms with Crippen LogP contribution in [0, 0.1) is 12.8 Å². The quantitative estimate of drug-likeness (QED) is 0.863. The van der Waals surface area contributed by atoms with Gasteiger partial charge < -0.3 is 14.8 Å². The van der Waals surface area contributed by atoms with Crippen molar-refractivity contribution in [3.8, 4) is 0 Å². The Labute approximate surface area is 99.8 Å². The fourth-order valence-electron chi connectivity index (χ4n) is 1.64. The number of nitrogens with two attached hydrogens (primary N) is 1. The maximum absolute atomic E-state index is 6.12. The first-order chi connectivity index (χ1) is 8.08. The van der Waals surface area contributed by atoms with E-state index in [0.717, 1.165) is 5.69 Å². The van der Waals surface area contributed by atoms with Crippen LogP contribution in [0.1, 0.15) is 37.3 Å². The maximum atomic E-state index is 6.12. The average molecular weight is 235 g/mol. The first-order valence-corrected chi connectivity index (χ1v) is 5.62. The van der Waals surface area contributed by atoms with Crippen molar-refractivity contribution in [1.82, 2.24) is 19.7 Å². The summed E-state index contributed by atoms with van der Waals surface area (Å²) in [5.74, 6) is 1.56.